The Kier molecular flexibility index (Phi) is 6.33. The van der Waals surface area contributed by atoms with E-state index in [9.17, 15) is 18.0 Å². The first-order chi connectivity index (χ1) is 14.4. The average Bonchev–Trinajstić information content (AvgIpc) is 2.75. The largest absolute Gasteiger partial charge is 0.453 e. The molecule has 2 amide bonds. The minimum Gasteiger partial charge on any atom is -0.453 e. The summed E-state index contributed by atoms with van der Waals surface area (Å²) in [6.07, 6.45) is -0.596. The van der Waals surface area contributed by atoms with Crippen molar-refractivity contribution < 1.29 is 22.7 Å². The third-order valence-corrected chi connectivity index (χ3v) is 5.40. The molecule has 0 aliphatic rings. The van der Waals surface area contributed by atoms with Gasteiger partial charge in [-0.05, 0) is 54.6 Å². The Morgan fingerprint density at radius 1 is 0.767 bits per heavy atom. The number of nitrogens with one attached hydrogen (secondary N) is 3. The summed E-state index contributed by atoms with van der Waals surface area (Å²) in [6.45, 7) is 0. The second-order valence-corrected chi connectivity index (χ2v) is 7.83. The van der Waals surface area contributed by atoms with Crippen LogP contribution in [-0.2, 0) is 14.8 Å². The molecule has 0 aliphatic heterocycles. The van der Waals surface area contributed by atoms with E-state index in [0.29, 0.717) is 11.4 Å². The fraction of sp³-hybridized carbons (Fsp3) is 0.0476. The molecule has 3 aromatic rings. The first-order valence-electron chi connectivity index (χ1n) is 8.82. The minimum atomic E-state index is -3.76. The fourth-order valence-corrected chi connectivity index (χ4v) is 3.62. The molecule has 154 valence electrons. The van der Waals surface area contributed by atoms with Gasteiger partial charge in [-0.1, -0.05) is 24.3 Å². The van der Waals surface area contributed by atoms with E-state index in [-0.39, 0.29) is 16.1 Å². The number of ether oxygens (including phenoxy) is 1. The van der Waals surface area contributed by atoms with Gasteiger partial charge in [0, 0.05) is 22.6 Å². The predicted octanol–water partition coefficient (Wildman–Crippen LogP) is 3.92. The van der Waals surface area contributed by atoms with Crippen LogP contribution < -0.4 is 15.4 Å². The Morgan fingerprint density at radius 2 is 1.40 bits per heavy atom. The molecule has 3 aromatic carbocycles. The van der Waals surface area contributed by atoms with Crippen LogP contribution in [0, 0.1) is 0 Å². The highest BCUT2D eigenvalue weighted by atomic mass is 32.2. The van der Waals surface area contributed by atoms with Gasteiger partial charge in [-0.3, -0.25) is 14.8 Å². The Morgan fingerprint density at radius 3 is 2.03 bits per heavy atom. The van der Waals surface area contributed by atoms with Gasteiger partial charge in [0.2, 0.25) is 0 Å². The summed E-state index contributed by atoms with van der Waals surface area (Å²) in [5.74, 6) is -0.413. The summed E-state index contributed by atoms with van der Waals surface area (Å²) >= 11 is 0. The molecular formula is C21H19N3O5S. The van der Waals surface area contributed by atoms with Crippen LogP contribution in [0.15, 0.2) is 83.8 Å². The number of hydrogen-bond acceptors (Lipinski definition) is 5. The van der Waals surface area contributed by atoms with Crippen molar-refractivity contribution >= 4 is 39.1 Å². The van der Waals surface area contributed by atoms with Gasteiger partial charge in [0.05, 0.1) is 12.0 Å². The number of hydrogen-bond donors (Lipinski definition) is 3. The van der Waals surface area contributed by atoms with Crippen LogP contribution in [0.1, 0.15) is 10.4 Å². The first-order valence-corrected chi connectivity index (χ1v) is 10.3. The van der Waals surface area contributed by atoms with Gasteiger partial charge in [-0.2, -0.15) is 0 Å². The maximum Gasteiger partial charge on any atom is 0.411 e. The van der Waals surface area contributed by atoms with E-state index in [1.807, 2.05) is 0 Å². The topological polar surface area (TPSA) is 114 Å². The van der Waals surface area contributed by atoms with Crippen LogP contribution in [0.25, 0.3) is 0 Å². The number of methoxy groups -OCH3 is 1. The highest BCUT2D eigenvalue weighted by Crippen LogP contribution is 2.19. The lowest BCUT2D eigenvalue weighted by Gasteiger charge is -2.10. The second-order valence-electron chi connectivity index (χ2n) is 6.15. The molecule has 0 atom stereocenters. The van der Waals surface area contributed by atoms with Crippen LogP contribution in [0.2, 0.25) is 0 Å². The molecule has 0 radical (unpaired) electrons. The lowest BCUT2D eigenvalue weighted by molar-refractivity contribution is 0.102. The molecule has 3 rings (SSSR count). The fourth-order valence-electron chi connectivity index (χ4n) is 2.55. The van der Waals surface area contributed by atoms with Crippen LogP contribution in [-0.4, -0.2) is 27.5 Å². The molecular weight excluding hydrogens is 406 g/mol. The summed E-state index contributed by atoms with van der Waals surface area (Å²) in [7, 11) is -2.50. The molecule has 0 heterocycles. The SMILES string of the molecule is COC(=O)Nc1ccc(NC(=O)c2cccc(NS(=O)(=O)c3ccccc3)c2)cc1. The molecule has 0 saturated heterocycles. The van der Waals surface area contributed by atoms with Crippen LogP contribution in [0.4, 0.5) is 21.9 Å². The van der Waals surface area contributed by atoms with E-state index < -0.39 is 22.0 Å². The van der Waals surface area contributed by atoms with Crippen LogP contribution in [0.5, 0.6) is 0 Å². The predicted molar refractivity (Wildman–Crippen MR) is 114 cm³/mol. The van der Waals surface area contributed by atoms with Crippen molar-refractivity contribution in [3.63, 3.8) is 0 Å². The molecule has 9 heteroatoms. The first kappa shape index (κ1) is 20.9. The van der Waals surface area contributed by atoms with E-state index >= 15 is 0 Å². The van der Waals surface area contributed by atoms with E-state index in [1.165, 1.54) is 25.3 Å². The van der Waals surface area contributed by atoms with Gasteiger partial charge >= 0.3 is 6.09 Å². The number of amides is 2. The number of carbonyl (C=O) groups is 2. The number of anilines is 3. The Hall–Kier alpha value is -3.85. The lowest BCUT2D eigenvalue weighted by Crippen LogP contribution is -2.15. The van der Waals surface area contributed by atoms with Crippen LogP contribution in [0.3, 0.4) is 0 Å². The Balaban J connectivity index is 1.69. The normalized spacial score (nSPS) is 10.7. The zero-order valence-electron chi connectivity index (χ0n) is 16.0. The van der Waals surface area contributed by atoms with Crippen molar-refractivity contribution in [2.24, 2.45) is 0 Å². The van der Waals surface area contributed by atoms with Gasteiger partial charge < -0.3 is 10.1 Å². The summed E-state index contributed by atoms with van der Waals surface area (Å²) < 4.78 is 31.9. The van der Waals surface area contributed by atoms with Crippen molar-refractivity contribution in [1.29, 1.82) is 0 Å². The molecule has 30 heavy (non-hydrogen) atoms. The summed E-state index contributed by atoms with van der Waals surface area (Å²) in [6, 6.07) is 20.6. The number of benzene rings is 3. The maximum atomic E-state index is 12.5. The van der Waals surface area contributed by atoms with Crippen LogP contribution >= 0.6 is 0 Å². The smallest absolute Gasteiger partial charge is 0.411 e. The zero-order valence-corrected chi connectivity index (χ0v) is 16.8. The molecule has 0 aromatic heterocycles. The highest BCUT2D eigenvalue weighted by Gasteiger charge is 2.15. The molecule has 0 unspecified atom stereocenters. The third kappa shape index (κ3) is 5.36. The molecule has 0 saturated carbocycles. The number of rotatable bonds is 6. The summed E-state index contributed by atoms with van der Waals surface area (Å²) in [5, 5.41) is 5.22. The quantitative estimate of drug-likeness (QED) is 0.554. The van der Waals surface area contributed by atoms with Crippen molar-refractivity contribution in [2.75, 3.05) is 22.5 Å². The van der Waals surface area contributed by atoms with Gasteiger partial charge in [0.25, 0.3) is 15.9 Å². The van der Waals surface area contributed by atoms with Gasteiger partial charge in [0.15, 0.2) is 0 Å². The number of sulfonamides is 1. The lowest BCUT2D eigenvalue weighted by atomic mass is 10.2. The van der Waals surface area contributed by atoms with Crippen molar-refractivity contribution in [3.8, 4) is 0 Å². The van der Waals surface area contributed by atoms with Crippen molar-refractivity contribution in [1.82, 2.24) is 0 Å². The van der Waals surface area contributed by atoms with E-state index in [4.69, 9.17) is 0 Å². The Labute approximate surface area is 173 Å². The molecule has 0 bridgehead atoms. The molecule has 0 spiro atoms. The second kappa shape index (κ2) is 9.10. The zero-order chi connectivity index (χ0) is 21.6. The van der Waals surface area contributed by atoms with Gasteiger partial charge in [-0.25, -0.2) is 13.2 Å². The third-order valence-electron chi connectivity index (χ3n) is 4.01. The average molecular weight is 425 g/mol. The molecule has 0 fully saturated rings. The highest BCUT2D eigenvalue weighted by molar-refractivity contribution is 7.92. The van der Waals surface area contributed by atoms with Gasteiger partial charge in [-0.15, -0.1) is 0 Å². The van der Waals surface area contributed by atoms with E-state index in [2.05, 4.69) is 20.1 Å². The van der Waals surface area contributed by atoms with Gasteiger partial charge in [0.1, 0.15) is 0 Å². The monoisotopic (exact) mass is 425 g/mol. The number of carbonyl (C=O) groups excluding carboxylic acids is 2. The summed E-state index contributed by atoms with van der Waals surface area (Å²) in [4.78, 5) is 23.9. The molecule has 3 N–H and O–H groups in total. The van der Waals surface area contributed by atoms with Crippen molar-refractivity contribution in [2.45, 2.75) is 4.90 Å². The van der Waals surface area contributed by atoms with E-state index in [0.717, 1.165) is 0 Å². The minimum absolute atomic E-state index is 0.125. The molecule has 8 nitrogen and oxygen atoms in total. The van der Waals surface area contributed by atoms with E-state index in [1.54, 1.807) is 60.7 Å². The standard InChI is InChI=1S/C21H19N3O5S/c1-29-21(26)23-17-12-10-16(11-13-17)22-20(25)15-6-5-7-18(14-15)24-30(27,28)19-8-3-2-4-9-19/h2-14,24H,1H3,(H,22,25)(H,23,26). The summed E-state index contributed by atoms with van der Waals surface area (Å²) in [5.41, 5.74) is 1.56. The molecule has 0 aliphatic carbocycles. The maximum absolute atomic E-state index is 12.5. The van der Waals surface area contributed by atoms with Crippen molar-refractivity contribution in [3.05, 3.63) is 84.4 Å². The Bertz CT molecular complexity index is 1150.